The van der Waals surface area contributed by atoms with Crippen LogP contribution in [0, 0.1) is 0 Å². The molecule has 1 saturated carbocycles. The van der Waals surface area contributed by atoms with Gasteiger partial charge in [-0.1, -0.05) is 30.9 Å². The molecule has 0 spiro atoms. The molecule has 3 N–H and O–H groups in total. The average molecular weight is 294 g/mol. The predicted octanol–water partition coefficient (Wildman–Crippen LogP) is 3.07. The van der Waals surface area contributed by atoms with E-state index >= 15 is 0 Å². The van der Waals surface area contributed by atoms with Gasteiger partial charge in [-0.25, -0.2) is 14.8 Å². The van der Waals surface area contributed by atoms with E-state index in [1.165, 1.54) is 25.5 Å². The molecule has 7 heteroatoms. The van der Waals surface area contributed by atoms with Gasteiger partial charge in [-0.2, -0.15) is 0 Å². The molecule has 20 heavy (non-hydrogen) atoms. The van der Waals surface area contributed by atoms with Gasteiger partial charge in [0.25, 0.3) is 0 Å². The van der Waals surface area contributed by atoms with Crippen molar-refractivity contribution in [2.75, 3.05) is 5.32 Å². The normalized spacial score (nSPS) is 16.2. The van der Waals surface area contributed by atoms with Crippen LogP contribution < -0.4 is 10.6 Å². The van der Waals surface area contributed by atoms with Crippen molar-refractivity contribution in [1.29, 1.82) is 0 Å². The van der Waals surface area contributed by atoms with Gasteiger partial charge >= 0.3 is 6.03 Å². The third kappa shape index (κ3) is 2.85. The minimum Gasteiger partial charge on any atom is -0.343 e. The molecule has 1 aliphatic rings. The van der Waals surface area contributed by atoms with E-state index in [1.807, 2.05) is 0 Å². The quantitative estimate of drug-likeness (QED) is 0.796. The van der Waals surface area contributed by atoms with Crippen LogP contribution >= 0.6 is 11.6 Å². The second kappa shape index (κ2) is 5.66. The van der Waals surface area contributed by atoms with E-state index in [2.05, 4.69) is 25.6 Å². The van der Waals surface area contributed by atoms with Crippen LogP contribution in [0.2, 0.25) is 5.02 Å². The number of rotatable bonds is 2. The highest BCUT2D eigenvalue weighted by atomic mass is 35.5. The molecule has 0 saturated heterocycles. The number of anilines is 1. The number of aromatic amines is 1. The standard InChI is InChI=1S/C13H16ClN5O/c14-9-6-15-12-11(9)18-10(7-16-12)19-13(20)17-8-4-2-1-3-5-8/h6-8H,1-5H2,(H,15,16)(H2,17,18,19,20). The van der Waals surface area contributed by atoms with Gasteiger partial charge in [-0.3, -0.25) is 5.32 Å². The van der Waals surface area contributed by atoms with Gasteiger partial charge in [0.1, 0.15) is 5.52 Å². The molecule has 0 aromatic carbocycles. The van der Waals surface area contributed by atoms with E-state index in [9.17, 15) is 4.79 Å². The third-order valence-electron chi connectivity index (χ3n) is 3.52. The Balaban J connectivity index is 1.65. The first-order chi connectivity index (χ1) is 9.72. The molecule has 106 valence electrons. The molecule has 2 aromatic heterocycles. The van der Waals surface area contributed by atoms with Crippen molar-refractivity contribution >= 4 is 34.6 Å². The van der Waals surface area contributed by atoms with Crippen LogP contribution in [0.5, 0.6) is 0 Å². The fourth-order valence-corrected chi connectivity index (χ4v) is 2.69. The highest BCUT2D eigenvalue weighted by molar-refractivity contribution is 6.34. The monoisotopic (exact) mass is 293 g/mol. The number of nitrogens with one attached hydrogen (secondary N) is 3. The first kappa shape index (κ1) is 13.2. The van der Waals surface area contributed by atoms with Gasteiger partial charge in [0.15, 0.2) is 11.5 Å². The number of halogens is 1. The summed E-state index contributed by atoms with van der Waals surface area (Å²) in [6.45, 7) is 0. The number of hydrogen-bond acceptors (Lipinski definition) is 3. The lowest BCUT2D eigenvalue weighted by Gasteiger charge is -2.22. The smallest absolute Gasteiger partial charge is 0.320 e. The lowest BCUT2D eigenvalue weighted by Crippen LogP contribution is -2.39. The molecule has 2 heterocycles. The van der Waals surface area contributed by atoms with Gasteiger partial charge in [0.05, 0.1) is 11.2 Å². The zero-order valence-corrected chi connectivity index (χ0v) is 11.7. The Labute approximate surface area is 121 Å². The van der Waals surface area contributed by atoms with E-state index in [1.54, 1.807) is 6.20 Å². The molecule has 0 aliphatic heterocycles. The summed E-state index contributed by atoms with van der Waals surface area (Å²) in [4.78, 5) is 23.2. The summed E-state index contributed by atoms with van der Waals surface area (Å²) in [5.41, 5.74) is 1.16. The van der Waals surface area contributed by atoms with E-state index in [0.29, 0.717) is 22.0 Å². The van der Waals surface area contributed by atoms with E-state index in [0.717, 1.165) is 12.8 Å². The van der Waals surface area contributed by atoms with Crippen molar-refractivity contribution in [3.63, 3.8) is 0 Å². The van der Waals surface area contributed by atoms with E-state index in [4.69, 9.17) is 11.6 Å². The van der Waals surface area contributed by atoms with Crippen molar-refractivity contribution < 1.29 is 4.79 Å². The van der Waals surface area contributed by atoms with Gasteiger partial charge < -0.3 is 10.3 Å². The Morgan fingerprint density at radius 3 is 2.95 bits per heavy atom. The molecule has 0 bridgehead atoms. The van der Waals surface area contributed by atoms with Gasteiger partial charge in [-0.05, 0) is 12.8 Å². The summed E-state index contributed by atoms with van der Waals surface area (Å²) in [7, 11) is 0. The second-order valence-electron chi connectivity index (χ2n) is 5.02. The number of nitrogens with zero attached hydrogens (tertiary/aromatic N) is 2. The molecule has 2 amide bonds. The Morgan fingerprint density at radius 1 is 1.35 bits per heavy atom. The predicted molar refractivity (Wildman–Crippen MR) is 77.9 cm³/mol. The van der Waals surface area contributed by atoms with Crippen molar-refractivity contribution in [2.45, 2.75) is 38.1 Å². The number of H-pyrrole nitrogens is 1. The number of carbonyl (C=O) groups is 1. The summed E-state index contributed by atoms with van der Waals surface area (Å²) in [5.74, 6) is 0.396. The molecule has 1 fully saturated rings. The zero-order valence-electron chi connectivity index (χ0n) is 10.9. The molecular formula is C13H16ClN5O. The first-order valence-electron chi connectivity index (χ1n) is 6.79. The number of amides is 2. The maximum absolute atomic E-state index is 11.9. The number of hydrogen-bond donors (Lipinski definition) is 3. The minimum absolute atomic E-state index is 0.239. The van der Waals surface area contributed by atoms with Crippen LogP contribution in [-0.2, 0) is 0 Å². The van der Waals surface area contributed by atoms with Gasteiger partial charge in [-0.15, -0.1) is 0 Å². The molecule has 6 nitrogen and oxygen atoms in total. The molecule has 0 radical (unpaired) electrons. The van der Waals surface area contributed by atoms with Crippen LogP contribution in [0.3, 0.4) is 0 Å². The topological polar surface area (TPSA) is 82.7 Å². The fourth-order valence-electron chi connectivity index (χ4n) is 2.51. The number of fused-ring (bicyclic) bond motifs is 1. The second-order valence-corrected chi connectivity index (χ2v) is 5.43. The van der Waals surface area contributed by atoms with Crippen LogP contribution in [0.1, 0.15) is 32.1 Å². The molecule has 2 aromatic rings. The Hall–Kier alpha value is -1.82. The Bertz CT molecular complexity index is 620. The Morgan fingerprint density at radius 2 is 2.15 bits per heavy atom. The number of carbonyl (C=O) groups excluding carboxylic acids is 1. The molecule has 1 aliphatic carbocycles. The SMILES string of the molecule is O=C(Nc1cnc2[nH]cc(Cl)c2n1)NC1CCCCC1. The Kier molecular flexibility index (Phi) is 3.73. The highest BCUT2D eigenvalue weighted by Crippen LogP contribution is 2.20. The van der Waals surface area contributed by atoms with Crippen molar-refractivity contribution in [2.24, 2.45) is 0 Å². The highest BCUT2D eigenvalue weighted by Gasteiger charge is 2.16. The van der Waals surface area contributed by atoms with Gasteiger partial charge in [0.2, 0.25) is 0 Å². The van der Waals surface area contributed by atoms with E-state index < -0.39 is 0 Å². The average Bonchev–Trinajstić information content (AvgIpc) is 2.81. The lowest BCUT2D eigenvalue weighted by atomic mass is 9.96. The largest absolute Gasteiger partial charge is 0.343 e. The maximum Gasteiger partial charge on any atom is 0.320 e. The van der Waals surface area contributed by atoms with Crippen LogP contribution in [0.4, 0.5) is 10.6 Å². The summed E-state index contributed by atoms with van der Waals surface area (Å²) >= 11 is 5.97. The molecule has 0 unspecified atom stereocenters. The summed E-state index contributed by atoms with van der Waals surface area (Å²) < 4.78 is 0. The molecule has 3 rings (SSSR count). The molecule has 0 atom stereocenters. The minimum atomic E-state index is -0.239. The van der Waals surface area contributed by atoms with Crippen LogP contribution in [-0.4, -0.2) is 27.0 Å². The van der Waals surface area contributed by atoms with Crippen molar-refractivity contribution in [3.8, 4) is 0 Å². The summed E-state index contributed by atoms with van der Waals surface area (Å²) in [6.07, 6.45) is 8.83. The number of aromatic nitrogens is 3. The molecular weight excluding hydrogens is 278 g/mol. The maximum atomic E-state index is 11.9. The van der Waals surface area contributed by atoms with Crippen molar-refractivity contribution in [3.05, 3.63) is 17.4 Å². The summed E-state index contributed by atoms with van der Waals surface area (Å²) in [5, 5.41) is 6.16. The van der Waals surface area contributed by atoms with Crippen molar-refractivity contribution in [1.82, 2.24) is 20.3 Å². The van der Waals surface area contributed by atoms with Crippen LogP contribution in [0.25, 0.3) is 11.2 Å². The third-order valence-corrected chi connectivity index (χ3v) is 3.80. The number of urea groups is 1. The first-order valence-corrected chi connectivity index (χ1v) is 7.17. The van der Waals surface area contributed by atoms with Gasteiger partial charge in [0, 0.05) is 12.2 Å². The van der Waals surface area contributed by atoms with Crippen LogP contribution in [0.15, 0.2) is 12.4 Å². The zero-order chi connectivity index (χ0) is 13.9. The van der Waals surface area contributed by atoms with E-state index in [-0.39, 0.29) is 12.1 Å². The lowest BCUT2D eigenvalue weighted by molar-refractivity contribution is 0.244. The fraction of sp³-hybridized carbons (Fsp3) is 0.462. The summed E-state index contributed by atoms with van der Waals surface area (Å²) in [6, 6.07) is 0.0218.